The number of fused-ring (bicyclic) bond motifs is 1. The maximum atomic E-state index is 12.4. The second-order valence-electron chi connectivity index (χ2n) is 7.27. The van der Waals surface area contributed by atoms with E-state index in [0.29, 0.717) is 11.4 Å². The number of hydrogen-bond donors (Lipinski definition) is 2. The van der Waals surface area contributed by atoms with E-state index >= 15 is 0 Å². The van der Waals surface area contributed by atoms with E-state index < -0.39 is 11.8 Å². The van der Waals surface area contributed by atoms with Crippen molar-refractivity contribution in [1.29, 1.82) is 0 Å². The molecule has 2 amide bonds. The van der Waals surface area contributed by atoms with Gasteiger partial charge < -0.3 is 15.4 Å². The fourth-order valence-electron chi connectivity index (χ4n) is 3.53. The number of para-hydroxylation sites is 2. The molecule has 0 aliphatic heterocycles. The number of aryl methyl sites for hydroxylation is 1. The Morgan fingerprint density at radius 1 is 1.00 bits per heavy atom. The lowest BCUT2D eigenvalue weighted by atomic mass is 10.1. The van der Waals surface area contributed by atoms with Crippen LogP contribution in [-0.4, -0.2) is 17.9 Å². The Morgan fingerprint density at radius 3 is 2.50 bits per heavy atom. The van der Waals surface area contributed by atoms with Crippen LogP contribution in [0.4, 0.5) is 11.4 Å². The third-order valence-corrected chi connectivity index (χ3v) is 5.03. The van der Waals surface area contributed by atoms with Gasteiger partial charge in [-0.15, -0.1) is 0 Å². The van der Waals surface area contributed by atoms with E-state index in [1.807, 2.05) is 25.1 Å². The highest BCUT2D eigenvalue weighted by molar-refractivity contribution is 6.43. The van der Waals surface area contributed by atoms with Gasteiger partial charge >= 0.3 is 11.8 Å². The van der Waals surface area contributed by atoms with Gasteiger partial charge in [0.25, 0.3) is 0 Å². The number of carbonyl (C=O) groups excluding carboxylic acids is 2. The van der Waals surface area contributed by atoms with Crippen LogP contribution >= 0.6 is 0 Å². The molecule has 28 heavy (non-hydrogen) atoms. The van der Waals surface area contributed by atoms with Gasteiger partial charge in [-0.25, -0.2) is 0 Å². The number of anilines is 2. The molecule has 1 atom stereocenters. The molecule has 148 valence electrons. The maximum absolute atomic E-state index is 12.4. The number of amides is 2. The zero-order valence-electron chi connectivity index (χ0n) is 16.6. The van der Waals surface area contributed by atoms with Crippen molar-refractivity contribution in [3.8, 4) is 5.75 Å². The molecular weight excluding hydrogens is 352 g/mol. The molecule has 3 rings (SSSR count). The van der Waals surface area contributed by atoms with Gasteiger partial charge in [0.15, 0.2) is 0 Å². The summed E-state index contributed by atoms with van der Waals surface area (Å²) in [5.41, 5.74) is 3.62. The van der Waals surface area contributed by atoms with Gasteiger partial charge in [-0.1, -0.05) is 44.0 Å². The Balaban J connectivity index is 1.65. The van der Waals surface area contributed by atoms with Crippen LogP contribution in [-0.2, 0) is 22.4 Å². The molecule has 0 aromatic heterocycles. The van der Waals surface area contributed by atoms with Crippen LogP contribution in [0.2, 0.25) is 0 Å². The molecule has 5 heteroatoms. The van der Waals surface area contributed by atoms with Gasteiger partial charge in [-0.3, -0.25) is 9.59 Å². The smallest absolute Gasteiger partial charge is 0.314 e. The largest absolute Gasteiger partial charge is 0.489 e. The molecule has 0 fully saturated rings. The van der Waals surface area contributed by atoms with Gasteiger partial charge in [0, 0.05) is 5.69 Å². The van der Waals surface area contributed by atoms with Gasteiger partial charge in [0.05, 0.1) is 11.8 Å². The number of nitrogens with one attached hydrogen (secondary N) is 2. The van der Waals surface area contributed by atoms with Crippen LogP contribution in [0.25, 0.3) is 0 Å². The van der Waals surface area contributed by atoms with Crippen LogP contribution in [0.3, 0.4) is 0 Å². The molecule has 2 aromatic rings. The van der Waals surface area contributed by atoms with Gasteiger partial charge in [-0.2, -0.15) is 0 Å². The number of rotatable bonds is 7. The second-order valence-corrected chi connectivity index (χ2v) is 7.27. The molecule has 1 unspecified atom stereocenters. The van der Waals surface area contributed by atoms with E-state index in [4.69, 9.17) is 4.74 Å². The monoisotopic (exact) mass is 380 g/mol. The summed E-state index contributed by atoms with van der Waals surface area (Å²) in [6.45, 7) is 4.15. The second kappa shape index (κ2) is 9.40. The van der Waals surface area contributed by atoms with E-state index in [1.165, 1.54) is 5.56 Å². The van der Waals surface area contributed by atoms with E-state index in [0.717, 1.165) is 49.8 Å². The van der Waals surface area contributed by atoms with Crippen LogP contribution < -0.4 is 15.4 Å². The summed E-state index contributed by atoms with van der Waals surface area (Å²) >= 11 is 0. The van der Waals surface area contributed by atoms with Crippen molar-refractivity contribution >= 4 is 23.2 Å². The topological polar surface area (TPSA) is 67.4 Å². The highest BCUT2D eigenvalue weighted by Crippen LogP contribution is 2.29. The lowest BCUT2D eigenvalue weighted by Crippen LogP contribution is -2.29. The molecule has 0 saturated carbocycles. The quantitative estimate of drug-likeness (QED) is 0.684. The molecule has 0 bridgehead atoms. The van der Waals surface area contributed by atoms with Crippen molar-refractivity contribution in [2.24, 2.45) is 0 Å². The lowest BCUT2D eigenvalue weighted by Gasteiger charge is -2.17. The first-order chi connectivity index (χ1) is 13.6. The minimum Gasteiger partial charge on any atom is -0.489 e. The average molecular weight is 380 g/mol. The highest BCUT2D eigenvalue weighted by Gasteiger charge is 2.20. The SMILES string of the molecule is CCCCC(C)Oc1ccccc1NC(=O)C(=O)Nc1cccc2c1CCC2. The summed E-state index contributed by atoms with van der Waals surface area (Å²) in [4.78, 5) is 24.9. The van der Waals surface area contributed by atoms with E-state index in [-0.39, 0.29) is 6.10 Å². The molecule has 1 aliphatic carbocycles. The van der Waals surface area contributed by atoms with Crippen molar-refractivity contribution in [2.45, 2.75) is 58.5 Å². The minimum absolute atomic E-state index is 0.0405. The number of unbranched alkanes of at least 4 members (excludes halogenated alkanes) is 1. The Kier molecular flexibility index (Phi) is 6.69. The summed E-state index contributed by atoms with van der Waals surface area (Å²) in [6, 6.07) is 13.0. The molecule has 0 radical (unpaired) electrons. The molecule has 0 spiro atoms. The van der Waals surface area contributed by atoms with Crippen LogP contribution in [0.1, 0.15) is 50.7 Å². The number of carbonyl (C=O) groups is 2. The molecular formula is C23H28N2O3. The lowest BCUT2D eigenvalue weighted by molar-refractivity contribution is -0.133. The zero-order chi connectivity index (χ0) is 19.9. The number of hydrogen-bond acceptors (Lipinski definition) is 3. The number of ether oxygens (including phenoxy) is 1. The van der Waals surface area contributed by atoms with E-state index in [9.17, 15) is 9.59 Å². The van der Waals surface area contributed by atoms with E-state index in [2.05, 4.69) is 23.6 Å². The van der Waals surface area contributed by atoms with Crippen molar-refractivity contribution in [1.82, 2.24) is 0 Å². The Hall–Kier alpha value is -2.82. The molecule has 5 nitrogen and oxygen atoms in total. The fraction of sp³-hybridized carbons (Fsp3) is 0.391. The normalized spacial score (nSPS) is 13.5. The summed E-state index contributed by atoms with van der Waals surface area (Å²) in [5.74, 6) is -0.796. The van der Waals surface area contributed by atoms with Crippen molar-refractivity contribution < 1.29 is 14.3 Å². The van der Waals surface area contributed by atoms with Crippen LogP contribution in [0.5, 0.6) is 5.75 Å². The summed E-state index contributed by atoms with van der Waals surface area (Å²) in [6.07, 6.45) is 6.20. The van der Waals surface area contributed by atoms with Crippen molar-refractivity contribution in [3.05, 3.63) is 53.6 Å². The first-order valence-corrected chi connectivity index (χ1v) is 10.1. The average Bonchev–Trinajstić information content (AvgIpc) is 3.17. The third kappa shape index (κ3) is 4.91. The summed E-state index contributed by atoms with van der Waals surface area (Å²) in [5, 5.41) is 5.44. The Bertz CT molecular complexity index is 847. The summed E-state index contributed by atoms with van der Waals surface area (Å²) < 4.78 is 5.96. The first-order valence-electron chi connectivity index (χ1n) is 10.1. The fourth-order valence-corrected chi connectivity index (χ4v) is 3.53. The Morgan fingerprint density at radius 2 is 1.71 bits per heavy atom. The molecule has 2 aromatic carbocycles. The predicted molar refractivity (Wildman–Crippen MR) is 112 cm³/mol. The zero-order valence-corrected chi connectivity index (χ0v) is 16.6. The predicted octanol–water partition coefficient (Wildman–Crippen LogP) is 4.71. The Labute approximate surface area is 166 Å². The molecule has 0 saturated heterocycles. The highest BCUT2D eigenvalue weighted by atomic mass is 16.5. The minimum atomic E-state index is -0.701. The maximum Gasteiger partial charge on any atom is 0.314 e. The molecule has 1 aliphatic rings. The standard InChI is InChI=1S/C23H28N2O3/c1-3-4-9-16(2)28-21-15-6-5-13-20(21)25-23(27)22(26)24-19-14-8-11-17-10-7-12-18(17)19/h5-6,8,11,13-16H,3-4,7,9-10,12H2,1-2H3,(H,24,26)(H,25,27). The summed E-state index contributed by atoms with van der Waals surface area (Å²) in [7, 11) is 0. The van der Waals surface area contributed by atoms with Crippen molar-refractivity contribution in [3.63, 3.8) is 0 Å². The van der Waals surface area contributed by atoms with Gasteiger partial charge in [-0.05, 0) is 61.9 Å². The first kappa shape index (κ1) is 19.9. The van der Waals surface area contributed by atoms with E-state index in [1.54, 1.807) is 18.2 Å². The van der Waals surface area contributed by atoms with Crippen LogP contribution in [0.15, 0.2) is 42.5 Å². The molecule has 2 N–H and O–H groups in total. The van der Waals surface area contributed by atoms with Gasteiger partial charge in [0.1, 0.15) is 5.75 Å². The van der Waals surface area contributed by atoms with Crippen LogP contribution in [0, 0.1) is 0 Å². The number of benzene rings is 2. The van der Waals surface area contributed by atoms with Gasteiger partial charge in [0.2, 0.25) is 0 Å². The molecule has 0 heterocycles. The third-order valence-electron chi connectivity index (χ3n) is 5.03. The van der Waals surface area contributed by atoms with Crippen molar-refractivity contribution in [2.75, 3.05) is 10.6 Å².